The van der Waals surface area contributed by atoms with Crippen LogP contribution in [0, 0.1) is 4.77 Å². The summed E-state index contributed by atoms with van der Waals surface area (Å²) < 4.78 is 18.6. The van der Waals surface area contributed by atoms with Gasteiger partial charge in [0.05, 0.1) is 7.11 Å². The lowest BCUT2D eigenvalue weighted by Crippen LogP contribution is -2.07. The Bertz CT molecular complexity index is 619. The summed E-state index contributed by atoms with van der Waals surface area (Å²) in [7, 11) is 0.675. The van der Waals surface area contributed by atoms with E-state index in [0.717, 1.165) is 0 Å². The van der Waals surface area contributed by atoms with Crippen LogP contribution in [0.4, 0.5) is 0 Å². The minimum atomic E-state index is -0.864. The predicted octanol–water partition coefficient (Wildman–Crippen LogP) is 0.876. The van der Waals surface area contributed by atoms with Crippen LogP contribution in [0.25, 0.3) is 11.2 Å². The molecule has 2 aromatic rings. The number of rotatable bonds is 4. The van der Waals surface area contributed by atoms with Gasteiger partial charge in [-0.15, -0.1) is 0 Å². The summed E-state index contributed by atoms with van der Waals surface area (Å²) >= 11 is 5.20. The van der Waals surface area contributed by atoms with Crippen molar-refractivity contribution >= 4 is 34.2 Å². The molecule has 6 nitrogen and oxygen atoms in total. The maximum Gasteiger partial charge on any atom is 0.242 e. The molecule has 0 bridgehead atoms. The molecule has 0 aliphatic carbocycles. The molecule has 17 heavy (non-hydrogen) atoms. The zero-order valence-corrected chi connectivity index (χ0v) is 11.1. The zero-order valence-electron chi connectivity index (χ0n) is 9.47. The Kier molecular flexibility index (Phi) is 3.53. The Morgan fingerprint density at radius 1 is 1.59 bits per heavy atom. The Morgan fingerprint density at radius 3 is 3.00 bits per heavy atom. The number of nitrogens with zero attached hydrogens (tertiary/aromatic N) is 3. The number of ether oxygens (including phenoxy) is 1. The number of fused-ring (bicyclic) bond motifs is 1. The topological polar surface area (TPSA) is 72.8 Å². The van der Waals surface area contributed by atoms with Crippen molar-refractivity contribution in [3.05, 3.63) is 11.1 Å². The lowest BCUT2D eigenvalue weighted by molar-refractivity contribution is 0.401. The van der Waals surface area contributed by atoms with Crippen LogP contribution in [0.5, 0.6) is 5.88 Å². The van der Waals surface area contributed by atoms with Gasteiger partial charge in [-0.2, -0.15) is 4.98 Å². The molecule has 1 unspecified atom stereocenters. The fourth-order valence-electron chi connectivity index (χ4n) is 1.53. The summed E-state index contributed by atoms with van der Waals surface area (Å²) in [6.07, 6.45) is 3.08. The highest BCUT2D eigenvalue weighted by molar-refractivity contribution is 7.84. The molecule has 0 fully saturated rings. The third-order valence-corrected chi connectivity index (χ3v) is 3.40. The van der Waals surface area contributed by atoms with Crippen LogP contribution in [-0.4, -0.2) is 42.8 Å². The van der Waals surface area contributed by atoms with Crippen LogP contribution in [-0.2, 0) is 17.3 Å². The van der Waals surface area contributed by atoms with Crippen LogP contribution in [0.2, 0.25) is 0 Å². The Labute approximate surface area is 105 Å². The molecule has 0 saturated carbocycles. The van der Waals surface area contributed by atoms with Crippen LogP contribution in [0.15, 0.2) is 6.33 Å². The summed E-state index contributed by atoms with van der Waals surface area (Å²) in [6.45, 7) is 0.558. The first-order valence-electron chi connectivity index (χ1n) is 4.91. The van der Waals surface area contributed by atoms with Gasteiger partial charge in [-0.05, 0) is 12.2 Å². The normalized spacial score (nSPS) is 12.8. The molecule has 0 saturated heterocycles. The van der Waals surface area contributed by atoms with E-state index in [1.807, 2.05) is 0 Å². The highest BCUT2D eigenvalue weighted by Crippen LogP contribution is 2.19. The lowest BCUT2D eigenvalue weighted by atomic mass is 10.5. The summed E-state index contributed by atoms with van der Waals surface area (Å²) in [5.41, 5.74) is 1.34. The number of aromatic amines is 1. The van der Waals surface area contributed by atoms with Crippen LogP contribution >= 0.6 is 12.2 Å². The van der Waals surface area contributed by atoms with E-state index in [9.17, 15) is 4.21 Å². The number of aromatic nitrogens is 4. The molecule has 0 aliphatic rings. The lowest BCUT2D eigenvalue weighted by Gasteiger charge is -2.02. The molecule has 0 spiro atoms. The summed E-state index contributed by atoms with van der Waals surface area (Å²) in [5, 5.41) is 0. The average Bonchev–Trinajstić information content (AvgIpc) is 2.62. The van der Waals surface area contributed by atoms with E-state index in [0.29, 0.717) is 34.1 Å². The van der Waals surface area contributed by atoms with E-state index < -0.39 is 10.8 Å². The zero-order chi connectivity index (χ0) is 12.4. The standard InChI is InChI=1S/C9H12N4O2S2/c1-15-8-6-7(10-5-11-8)13(9(16)12-6)3-4-17(2)14/h5H,3-4H2,1-2H3,(H,12,16). The minimum absolute atomic E-state index is 0.456. The molecule has 0 radical (unpaired) electrons. The first kappa shape index (κ1) is 12.2. The van der Waals surface area contributed by atoms with Gasteiger partial charge < -0.3 is 14.3 Å². The maximum atomic E-state index is 11.1. The first-order chi connectivity index (χ1) is 8.13. The van der Waals surface area contributed by atoms with E-state index in [1.165, 1.54) is 13.4 Å². The van der Waals surface area contributed by atoms with Crippen LogP contribution in [0.1, 0.15) is 0 Å². The third-order valence-electron chi connectivity index (χ3n) is 2.32. The molecule has 0 aromatic carbocycles. The van der Waals surface area contributed by atoms with E-state index in [-0.39, 0.29) is 0 Å². The number of nitrogens with one attached hydrogen (secondary N) is 1. The molecular formula is C9H12N4O2S2. The smallest absolute Gasteiger partial charge is 0.242 e. The molecular weight excluding hydrogens is 260 g/mol. The molecule has 2 aromatic heterocycles. The van der Waals surface area contributed by atoms with Gasteiger partial charge in [0, 0.05) is 29.4 Å². The maximum absolute atomic E-state index is 11.1. The van der Waals surface area contributed by atoms with Gasteiger partial charge in [-0.3, -0.25) is 4.21 Å². The van der Waals surface area contributed by atoms with Crippen molar-refractivity contribution in [3.63, 3.8) is 0 Å². The van der Waals surface area contributed by atoms with Crippen molar-refractivity contribution < 1.29 is 8.95 Å². The van der Waals surface area contributed by atoms with Crippen LogP contribution in [0.3, 0.4) is 0 Å². The molecule has 0 amide bonds. The van der Waals surface area contributed by atoms with Gasteiger partial charge in [-0.25, -0.2) is 4.98 Å². The van der Waals surface area contributed by atoms with Crippen molar-refractivity contribution in [1.82, 2.24) is 19.5 Å². The molecule has 1 atom stereocenters. The van der Waals surface area contributed by atoms with Gasteiger partial charge in [0.2, 0.25) is 5.88 Å². The van der Waals surface area contributed by atoms with E-state index in [4.69, 9.17) is 17.0 Å². The number of hydrogen-bond acceptors (Lipinski definition) is 5. The van der Waals surface area contributed by atoms with Crippen molar-refractivity contribution in [2.45, 2.75) is 6.54 Å². The second kappa shape index (κ2) is 4.92. The van der Waals surface area contributed by atoms with Gasteiger partial charge >= 0.3 is 0 Å². The van der Waals surface area contributed by atoms with Crippen molar-refractivity contribution in [3.8, 4) is 5.88 Å². The molecule has 8 heteroatoms. The van der Waals surface area contributed by atoms with Gasteiger partial charge in [0.25, 0.3) is 0 Å². The van der Waals surface area contributed by atoms with Crippen molar-refractivity contribution in [2.75, 3.05) is 19.1 Å². The Morgan fingerprint density at radius 2 is 2.35 bits per heavy atom. The highest BCUT2D eigenvalue weighted by Gasteiger charge is 2.11. The molecule has 92 valence electrons. The highest BCUT2D eigenvalue weighted by atomic mass is 32.2. The average molecular weight is 272 g/mol. The monoisotopic (exact) mass is 272 g/mol. The van der Waals surface area contributed by atoms with Gasteiger partial charge in [-0.1, -0.05) is 0 Å². The Hall–Kier alpha value is -1.28. The summed E-state index contributed by atoms with van der Waals surface area (Å²) in [5.74, 6) is 0.991. The van der Waals surface area contributed by atoms with Crippen molar-refractivity contribution in [2.24, 2.45) is 0 Å². The number of H-pyrrole nitrogens is 1. The summed E-state index contributed by atoms with van der Waals surface area (Å²) in [4.78, 5) is 11.2. The molecule has 0 aliphatic heterocycles. The van der Waals surface area contributed by atoms with E-state index in [1.54, 1.807) is 10.8 Å². The van der Waals surface area contributed by atoms with E-state index in [2.05, 4.69) is 15.0 Å². The minimum Gasteiger partial charge on any atom is -0.479 e. The second-order valence-electron chi connectivity index (χ2n) is 3.44. The third kappa shape index (κ3) is 2.37. The van der Waals surface area contributed by atoms with E-state index >= 15 is 0 Å². The quantitative estimate of drug-likeness (QED) is 0.836. The van der Waals surface area contributed by atoms with Gasteiger partial charge in [0.1, 0.15) is 11.8 Å². The second-order valence-corrected chi connectivity index (χ2v) is 5.38. The molecule has 2 rings (SSSR count). The number of hydrogen-bond donors (Lipinski definition) is 1. The fraction of sp³-hybridized carbons (Fsp3) is 0.444. The predicted molar refractivity (Wildman–Crippen MR) is 68.2 cm³/mol. The molecule has 2 heterocycles. The van der Waals surface area contributed by atoms with Crippen molar-refractivity contribution in [1.29, 1.82) is 0 Å². The summed E-state index contributed by atoms with van der Waals surface area (Å²) in [6, 6.07) is 0. The Balaban J connectivity index is 2.52. The number of imidazole rings is 1. The fourth-order valence-corrected chi connectivity index (χ4v) is 2.25. The van der Waals surface area contributed by atoms with Gasteiger partial charge in [0.15, 0.2) is 10.4 Å². The number of methoxy groups -OCH3 is 1. The number of aryl methyl sites for hydroxylation is 1. The van der Waals surface area contributed by atoms with Crippen LogP contribution < -0.4 is 4.74 Å². The SMILES string of the molecule is COc1ncnc2c1[nH]c(=S)n2CCS(C)=O. The first-order valence-corrected chi connectivity index (χ1v) is 7.04. The molecule has 1 N–H and O–H groups in total. The largest absolute Gasteiger partial charge is 0.479 e.